The molecule has 2 heteroatoms. The van der Waals surface area contributed by atoms with Crippen molar-refractivity contribution in [3.05, 3.63) is 11.1 Å². The highest BCUT2D eigenvalue weighted by Crippen LogP contribution is 2.49. The van der Waals surface area contributed by atoms with Crippen LogP contribution in [0.4, 0.5) is 0 Å². The number of hydrogen-bond acceptors (Lipinski definition) is 2. The summed E-state index contributed by atoms with van der Waals surface area (Å²) in [4.78, 5) is 2.27. The Morgan fingerprint density at radius 3 is 2.71 bits per heavy atom. The van der Waals surface area contributed by atoms with Crippen LogP contribution in [-0.2, 0) is 0 Å². The molecule has 21 heavy (non-hydrogen) atoms. The van der Waals surface area contributed by atoms with E-state index < -0.39 is 0 Å². The highest BCUT2D eigenvalue weighted by atomic mass is 15.1. The first-order valence-corrected chi connectivity index (χ1v) is 8.97. The van der Waals surface area contributed by atoms with Crippen molar-refractivity contribution in [3.8, 4) is 0 Å². The normalized spacial score (nSPS) is 28.9. The molecule has 0 heterocycles. The SMILES string of the molecule is C[C@H]1CC2=C(C[C@H]1CNCCCN(C)C)C(C)(C)CCC2. The monoisotopic (exact) mass is 292 g/mol. The zero-order chi connectivity index (χ0) is 15.5. The van der Waals surface area contributed by atoms with Crippen molar-refractivity contribution in [1.82, 2.24) is 10.2 Å². The quantitative estimate of drug-likeness (QED) is 0.586. The second-order valence-electron chi connectivity index (χ2n) is 8.33. The molecule has 0 spiro atoms. The van der Waals surface area contributed by atoms with Gasteiger partial charge in [-0.1, -0.05) is 31.9 Å². The van der Waals surface area contributed by atoms with Crippen LogP contribution >= 0.6 is 0 Å². The molecule has 0 bridgehead atoms. The van der Waals surface area contributed by atoms with Gasteiger partial charge >= 0.3 is 0 Å². The number of allylic oxidation sites excluding steroid dienone is 2. The van der Waals surface area contributed by atoms with Crippen LogP contribution in [-0.4, -0.2) is 38.6 Å². The molecule has 0 fully saturated rings. The molecule has 0 saturated carbocycles. The van der Waals surface area contributed by atoms with Gasteiger partial charge in [-0.15, -0.1) is 0 Å². The maximum Gasteiger partial charge on any atom is -0.00127 e. The molecule has 0 radical (unpaired) electrons. The Kier molecular flexibility index (Phi) is 5.90. The zero-order valence-electron chi connectivity index (χ0n) is 15.0. The first-order chi connectivity index (χ1) is 9.90. The van der Waals surface area contributed by atoms with E-state index in [0.29, 0.717) is 5.41 Å². The van der Waals surface area contributed by atoms with Gasteiger partial charge in [-0.25, -0.2) is 0 Å². The molecule has 0 aromatic carbocycles. The van der Waals surface area contributed by atoms with Gasteiger partial charge in [-0.3, -0.25) is 0 Å². The summed E-state index contributed by atoms with van der Waals surface area (Å²) in [6.07, 6.45) is 8.15. The molecule has 0 saturated heterocycles. The first kappa shape index (κ1) is 17.0. The van der Waals surface area contributed by atoms with E-state index in [2.05, 4.69) is 45.1 Å². The highest BCUT2D eigenvalue weighted by molar-refractivity contribution is 5.27. The lowest BCUT2D eigenvalue weighted by atomic mass is 9.63. The highest BCUT2D eigenvalue weighted by Gasteiger charge is 2.36. The van der Waals surface area contributed by atoms with Gasteiger partial charge in [0.1, 0.15) is 0 Å². The van der Waals surface area contributed by atoms with Crippen LogP contribution in [0.5, 0.6) is 0 Å². The van der Waals surface area contributed by atoms with E-state index in [4.69, 9.17) is 0 Å². The van der Waals surface area contributed by atoms with E-state index in [1.54, 1.807) is 0 Å². The Bertz CT molecular complexity index is 368. The van der Waals surface area contributed by atoms with Crippen molar-refractivity contribution in [2.75, 3.05) is 33.7 Å². The van der Waals surface area contributed by atoms with Crippen molar-refractivity contribution < 1.29 is 0 Å². The molecular weight excluding hydrogens is 256 g/mol. The summed E-state index contributed by atoms with van der Waals surface area (Å²) in [5.41, 5.74) is 4.12. The minimum atomic E-state index is 0.469. The zero-order valence-corrected chi connectivity index (χ0v) is 15.0. The minimum Gasteiger partial charge on any atom is -0.316 e. The molecular formula is C19H36N2. The maximum atomic E-state index is 3.71. The summed E-state index contributed by atoms with van der Waals surface area (Å²) in [7, 11) is 4.31. The van der Waals surface area contributed by atoms with Crippen LogP contribution in [0.15, 0.2) is 11.1 Å². The summed E-state index contributed by atoms with van der Waals surface area (Å²) in [6, 6.07) is 0. The lowest BCUT2D eigenvalue weighted by Gasteiger charge is -2.43. The van der Waals surface area contributed by atoms with Gasteiger partial charge in [0.2, 0.25) is 0 Å². The average Bonchev–Trinajstić information content (AvgIpc) is 2.38. The Labute approximate surface area is 132 Å². The number of hydrogen-bond donors (Lipinski definition) is 1. The van der Waals surface area contributed by atoms with Gasteiger partial charge in [-0.05, 0) is 89.5 Å². The van der Waals surface area contributed by atoms with Crippen molar-refractivity contribution in [3.63, 3.8) is 0 Å². The molecule has 0 unspecified atom stereocenters. The van der Waals surface area contributed by atoms with Crippen LogP contribution in [0.25, 0.3) is 0 Å². The van der Waals surface area contributed by atoms with Gasteiger partial charge in [0, 0.05) is 0 Å². The average molecular weight is 293 g/mol. The molecule has 2 nitrogen and oxygen atoms in total. The van der Waals surface area contributed by atoms with E-state index in [1.807, 2.05) is 11.1 Å². The molecule has 2 atom stereocenters. The van der Waals surface area contributed by atoms with Crippen LogP contribution in [0, 0.1) is 17.3 Å². The third-order valence-corrected chi connectivity index (χ3v) is 5.73. The Balaban J connectivity index is 1.84. The van der Waals surface area contributed by atoms with Gasteiger partial charge in [-0.2, -0.15) is 0 Å². The first-order valence-electron chi connectivity index (χ1n) is 8.97. The van der Waals surface area contributed by atoms with E-state index >= 15 is 0 Å². The Hall–Kier alpha value is -0.340. The van der Waals surface area contributed by atoms with Crippen molar-refractivity contribution >= 4 is 0 Å². The van der Waals surface area contributed by atoms with Crippen molar-refractivity contribution in [2.24, 2.45) is 17.3 Å². The summed E-state index contributed by atoms with van der Waals surface area (Å²) in [5.74, 6) is 1.71. The van der Waals surface area contributed by atoms with Gasteiger partial charge in [0.05, 0.1) is 0 Å². The van der Waals surface area contributed by atoms with Crippen LogP contribution in [0.2, 0.25) is 0 Å². The Morgan fingerprint density at radius 1 is 1.24 bits per heavy atom. The summed E-state index contributed by atoms with van der Waals surface area (Å²) < 4.78 is 0. The van der Waals surface area contributed by atoms with E-state index in [0.717, 1.165) is 18.4 Å². The molecule has 0 aromatic heterocycles. The smallest absolute Gasteiger partial charge is 0.00127 e. The van der Waals surface area contributed by atoms with Crippen LogP contribution in [0.3, 0.4) is 0 Å². The molecule has 0 amide bonds. The molecule has 122 valence electrons. The minimum absolute atomic E-state index is 0.469. The van der Waals surface area contributed by atoms with Gasteiger partial charge in [0.25, 0.3) is 0 Å². The van der Waals surface area contributed by atoms with E-state index in [1.165, 1.54) is 51.6 Å². The predicted octanol–water partition coefficient (Wildman–Crippen LogP) is 4.08. The third-order valence-electron chi connectivity index (χ3n) is 5.73. The number of nitrogens with zero attached hydrogens (tertiary/aromatic N) is 1. The largest absolute Gasteiger partial charge is 0.316 e. The lowest BCUT2D eigenvalue weighted by Crippen LogP contribution is -2.35. The fourth-order valence-electron chi connectivity index (χ4n) is 4.27. The molecule has 1 N–H and O–H groups in total. The van der Waals surface area contributed by atoms with Gasteiger partial charge in [0.15, 0.2) is 0 Å². The molecule has 2 aliphatic rings. The van der Waals surface area contributed by atoms with Crippen molar-refractivity contribution in [2.45, 2.75) is 59.3 Å². The van der Waals surface area contributed by atoms with Gasteiger partial charge < -0.3 is 10.2 Å². The van der Waals surface area contributed by atoms with Crippen LogP contribution < -0.4 is 5.32 Å². The fourth-order valence-corrected chi connectivity index (χ4v) is 4.27. The van der Waals surface area contributed by atoms with E-state index in [9.17, 15) is 0 Å². The van der Waals surface area contributed by atoms with Crippen LogP contribution in [0.1, 0.15) is 59.3 Å². The fraction of sp³-hybridized carbons (Fsp3) is 0.895. The number of rotatable bonds is 6. The third kappa shape index (κ3) is 4.56. The number of nitrogens with one attached hydrogen (secondary N) is 1. The molecule has 2 aliphatic carbocycles. The maximum absolute atomic E-state index is 3.71. The topological polar surface area (TPSA) is 15.3 Å². The molecule has 2 rings (SSSR count). The lowest BCUT2D eigenvalue weighted by molar-refractivity contribution is 0.250. The predicted molar refractivity (Wildman–Crippen MR) is 92.6 cm³/mol. The second-order valence-corrected chi connectivity index (χ2v) is 8.33. The summed E-state index contributed by atoms with van der Waals surface area (Å²) in [5, 5.41) is 3.71. The molecule has 0 aliphatic heterocycles. The summed E-state index contributed by atoms with van der Waals surface area (Å²) in [6.45, 7) is 11.0. The molecule has 0 aromatic rings. The Morgan fingerprint density at radius 2 is 2.00 bits per heavy atom. The standard InChI is InChI=1S/C19H36N2/c1-15-12-16-8-6-9-19(2,3)18(16)13-17(15)14-20-10-7-11-21(4)5/h15,17,20H,6-14H2,1-5H3/t15-,17-/m0/s1. The van der Waals surface area contributed by atoms with E-state index in [-0.39, 0.29) is 0 Å². The second kappa shape index (κ2) is 7.28. The summed E-state index contributed by atoms with van der Waals surface area (Å²) >= 11 is 0. The van der Waals surface area contributed by atoms with Crippen molar-refractivity contribution in [1.29, 1.82) is 0 Å².